The first-order chi connectivity index (χ1) is 13.1. The molecule has 0 bridgehead atoms. The van der Waals surface area contributed by atoms with Crippen LogP contribution >= 0.6 is 0 Å². The molecule has 1 aliphatic rings. The normalized spacial score (nSPS) is 13.4. The third kappa shape index (κ3) is 4.44. The highest BCUT2D eigenvalue weighted by Gasteiger charge is 2.24. The number of nitrogens with one attached hydrogen (secondary N) is 2. The summed E-state index contributed by atoms with van der Waals surface area (Å²) >= 11 is 0. The Morgan fingerprint density at radius 1 is 1.15 bits per heavy atom. The Kier molecular flexibility index (Phi) is 5.71. The molecule has 7 nitrogen and oxygen atoms in total. The zero-order valence-electron chi connectivity index (χ0n) is 15.0. The molecule has 140 valence electrons. The van der Waals surface area contributed by atoms with Gasteiger partial charge < -0.3 is 20.3 Å². The Balaban J connectivity index is 1.61. The summed E-state index contributed by atoms with van der Waals surface area (Å²) in [4.78, 5) is 37.7. The van der Waals surface area contributed by atoms with Crippen LogP contribution < -0.4 is 20.3 Å². The van der Waals surface area contributed by atoms with Crippen molar-refractivity contribution in [1.82, 2.24) is 5.32 Å². The first-order valence-electron chi connectivity index (χ1n) is 8.70. The zero-order valence-corrected chi connectivity index (χ0v) is 15.0. The number of ether oxygens (including phenoxy) is 1. The van der Waals surface area contributed by atoms with Gasteiger partial charge >= 0.3 is 0 Å². The van der Waals surface area contributed by atoms with Crippen molar-refractivity contribution in [3.63, 3.8) is 0 Å². The van der Waals surface area contributed by atoms with Crippen LogP contribution in [0.15, 0.2) is 48.5 Å². The molecule has 0 radical (unpaired) electrons. The van der Waals surface area contributed by atoms with E-state index in [4.69, 9.17) is 4.74 Å². The lowest BCUT2D eigenvalue weighted by Crippen LogP contribution is -2.32. The van der Waals surface area contributed by atoms with Gasteiger partial charge in [0.2, 0.25) is 11.8 Å². The minimum Gasteiger partial charge on any atom is -0.494 e. The first-order valence-corrected chi connectivity index (χ1v) is 8.70. The van der Waals surface area contributed by atoms with Gasteiger partial charge in [0.05, 0.1) is 19.3 Å². The van der Waals surface area contributed by atoms with Crippen molar-refractivity contribution < 1.29 is 19.1 Å². The highest BCUT2D eigenvalue weighted by molar-refractivity contribution is 6.00. The van der Waals surface area contributed by atoms with Gasteiger partial charge in [-0.15, -0.1) is 0 Å². The minimum absolute atomic E-state index is 0.0636. The molecule has 0 aromatic heterocycles. The number of carbonyl (C=O) groups is 3. The Bertz CT molecular complexity index is 852. The van der Waals surface area contributed by atoms with E-state index < -0.39 is 0 Å². The number of rotatable bonds is 6. The van der Waals surface area contributed by atoms with Crippen molar-refractivity contribution in [2.45, 2.75) is 12.8 Å². The molecule has 2 N–H and O–H groups in total. The molecule has 27 heavy (non-hydrogen) atoms. The van der Waals surface area contributed by atoms with Crippen LogP contribution in [0, 0.1) is 0 Å². The van der Waals surface area contributed by atoms with Crippen molar-refractivity contribution >= 4 is 29.1 Å². The molecule has 2 aromatic carbocycles. The number of hydrogen-bond donors (Lipinski definition) is 2. The van der Waals surface area contributed by atoms with Crippen LogP contribution in [0.3, 0.4) is 0 Å². The summed E-state index contributed by atoms with van der Waals surface area (Å²) in [6, 6.07) is 13.8. The van der Waals surface area contributed by atoms with E-state index in [1.54, 1.807) is 47.4 Å². The third-order valence-corrected chi connectivity index (χ3v) is 4.27. The fourth-order valence-electron chi connectivity index (χ4n) is 2.94. The summed E-state index contributed by atoms with van der Waals surface area (Å²) < 4.78 is 5.37. The first kappa shape index (κ1) is 18.4. The molecule has 3 amide bonds. The molecule has 1 aliphatic heterocycles. The van der Waals surface area contributed by atoms with Crippen LogP contribution in [0.2, 0.25) is 0 Å². The van der Waals surface area contributed by atoms with Gasteiger partial charge in [-0.2, -0.15) is 0 Å². The van der Waals surface area contributed by atoms with Gasteiger partial charge in [0.1, 0.15) is 5.75 Å². The molecule has 1 heterocycles. The second kappa shape index (κ2) is 8.35. The fraction of sp³-hybridized carbons (Fsp3) is 0.250. The number of benzene rings is 2. The van der Waals surface area contributed by atoms with Crippen molar-refractivity contribution in [3.8, 4) is 5.75 Å². The minimum atomic E-state index is -0.355. The Morgan fingerprint density at radius 2 is 1.93 bits per heavy atom. The molecule has 0 saturated carbocycles. The Morgan fingerprint density at radius 3 is 2.59 bits per heavy atom. The molecular weight excluding hydrogens is 346 g/mol. The van der Waals surface area contributed by atoms with E-state index >= 15 is 0 Å². The monoisotopic (exact) mass is 367 g/mol. The van der Waals surface area contributed by atoms with Crippen molar-refractivity contribution in [2.24, 2.45) is 0 Å². The average Bonchev–Trinajstić information content (AvgIpc) is 3.12. The number of nitrogens with zero attached hydrogens (tertiary/aromatic N) is 1. The van der Waals surface area contributed by atoms with Gasteiger partial charge in [-0.05, 0) is 30.7 Å². The van der Waals surface area contributed by atoms with Crippen LogP contribution in [0.1, 0.15) is 23.2 Å². The summed E-state index contributed by atoms with van der Waals surface area (Å²) in [6.07, 6.45) is 1.35. The lowest BCUT2D eigenvalue weighted by Gasteiger charge is -2.19. The molecular formula is C20H21N3O4. The predicted molar refractivity (Wildman–Crippen MR) is 102 cm³/mol. The number of methoxy groups -OCH3 is 1. The molecule has 7 heteroatoms. The van der Waals surface area contributed by atoms with E-state index in [0.29, 0.717) is 35.7 Å². The zero-order chi connectivity index (χ0) is 19.2. The molecule has 0 atom stereocenters. The average molecular weight is 367 g/mol. The third-order valence-electron chi connectivity index (χ3n) is 4.27. The van der Waals surface area contributed by atoms with E-state index in [0.717, 1.165) is 6.42 Å². The van der Waals surface area contributed by atoms with Crippen LogP contribution in [0.5, 0.6) is 5.75 Å². The maximum atomic E-state index is 12.1. The van der Waals surface area contributed by atoms with E-state index in [9.17, 15) is 14.4 Å². The summed E-state index contributed by atoms with van der Waals surface area (Å²) in [5.41, 5.74) is 1.71. The molecule has 0 aliphatic carbocycles. The molecule has 2 aromatic rings. The van der Waals surface area contributed by atoms with Gasteiger partial charge in [-0.25, -0.2) is 0 Å². The van der Waals surface area contributed by atoms with E-state index in [1.165, 1.54) is 7.11 Å². The number of carbonyl (C=O) groups excluding carboxylic acids is 3. The van der Waals surface area contributed by atoms with Gasteiger partial charge in [0.25, 0.3) is 5.91 Å². The maximum absolute atomic E-state index is 12.1. The maximum Gasteiger partial charge on any atom is 0.251 e. The van der Waals surface area contributed by atoms with Crippen LogP contribution in [-0.4, -0.2) is 37.9 Å². The number of hydrogen-bond acceptors (Lipinski definition) is 4. The molecule has 1 saturated heterocycles. The lowest BCUT2D eigenvalue weighted by atomic mass is 10.2. The number of anilines is 2. The summed E-state index contributed by atoms with van der Waals surface area (Å²) in [5.74, 6) is -0.0948. The summed E-state index contributed by atoms with van der Waals surface area (Å²) in [6.45, 7) is 0.509. The largest absolute Gasteiger partial charge is 0.494 e. The highest BCUT2D eigenvalue weighted by atomic mass is 16.5. The van der Waals surface area contributed by atoms with Crippen LogP contribution in [-0.2, 0) is 9.59 Å². The van der Waals surface area contributed by atoms with Gasteiger partial charge in [0, 0.05) is 30.3 Å². The second-order valence-electron chi connectivity index (χ2n) is 6.13. The van der Waals surface area contributed by atoms with Gasteiger partial charge in [0.15, 0.2) is 0 Å². The molecule has 3 rings (SSSR count). The highest BCUT2D eigenvalue weighted by Crippen LogP contribution is 2.33. The van der Waals surface area contributed by atoms with Crippen molar-refractivity contribution in [2.75, 3.05) is 30.4 Å². The topological polar surface area (TPSA) is 87.7 Å². The lowest BCUT2D eigenvalue weighted by molar-refractivity contribution is -0.117. The van der Waals surface area contributed by atoms with E-state index in [2.05, 4.69) is 10.6 Å². The van der Waals surface area contributed by atoms with E-state index in [1.807, 2.05) is 6.07 Å². The predicted octanol–water partition coefficient (Wildman–Crippen LogP) is 2.19. The second-order valence-corrected chi connectivity index (χ2v) is 6.13. The van der Waals surface area contributed by atoms with Crippen LogP contribution in [0.25, 0.3) is 0 Å². The Hall–Kier alpha value is -3.35. The molecule has 1 fully saturated rings. The van der Waals surface area contributed by atoms with E-state index in [-0.39, 0.29) is 24.3 Å². The van der Waals surface area contributed by atoms with Crippen molar-refractivity contribution in [3.05, 3.63) is 54.1 Å². The van der Waals surface area contributed by atoms with Crippen LogP contribution in [0.4, 0.5) is 11.4 Å². The fourth-order valence-corrected chi connectivity index (χ4v) is 2.94. The number of amides is 3. The Labute approximate surface area is 157 Å². The molecule has 0 unspecified atom stereocenters. The quantitative estimate of drug-likeness (QED) is 0.819. The summed E-state index contributed by atoms with van der Waals surface area (Å²) in [5, 5.41) is 5.29. The SMILES string of the molecule is COc1cc(NC(=O)CNC(=O)c2ccccc2)ccc1N1CCCC1=O. The van der Waals surface area contributed by atoms with Gasteiger partial charge in [-0.3, -0.25) is 14.4 Å². The smallest absolute Gasteiger partial charge is 0.251 e. The van der Waals surface area contributed by atoms with Crippen molar-refractivity contribution in [1.29, 1.82) is 0 Å². The molecule has 0 spiro atoms. The standard InChI is InChI=1S/C20H21N3O4/c1-27-17-12-15(9-10-16(17)23-11-5-8-19(23)25)22-18(24)13-21-20(26)14-6-3-2-4-7-14/h2-4,6-7,9-10,12H,5,8,11,13H2,1H3,(H,21,26)(H,22,24). The van der Waals surface area contributed by atoms with Gasteiger partial charge in [-0.1, -0.05) is 18.2 Å². The summed E-state index contributed by atoms with van der Waals surface area (Å²) in [7, 11) is 1.52.